The van der Waals surface area contributed by atoms with Gasteiger partial charge in [0.2, 0.25) is 0 Å². The highest BCUT2D eigenvalue weighted by Gasteiger charge is 2.19. The average Bonchev–Trinajstić information content (AvgIpc) is 2.67. The Morgan fingerprint density at radius 1 is 1.53 bits per heavy atom. The standard InChI is InChI=1S/C12H17BrN2O.ClH/c1-16-11-2-3-12(13)9(6-11)7-15-5-4-10(14)8-15;/h2-3,6,10H,4-5,7-8,14H2,1H3;1H/t10-;/m1./s1. The molecule has 0 aromatic heterocycles. The highest BCUT2D eigenvalue weighted by Crippen LogP contribution is 2.24. The lowest BCUT2D eigenvalue weighted by atomic mass is 10.2. The summed E-state index contributed by atoms with van der Waals surface area (Å²) in [4.78, 5) is 2.38. The molecule has 0 spiro atoms. The van der Waals surface area contributed by atoms with E-state index in [2.05, 4.69) is 26.9 Å². The van der Waals surface area contributed by atoms with Crippen molar-refractivity contribution in [2.24, 2.45) is 5.73 Å². The minimum atomic E-state index is 0. The fourth-order valence-corrected chi connectivity index (χ4v) is 2.42. The summed E-state index contributed by atoms with van der Waals surface area (Å²) >= 11 is 3.57. The van der Waals surface area contributed by atoms with Crippen LogP contribution in [0.3, 0.4) is 0 Å². The van der Waals surface area contributed by atoms with Gasteiger partial charge in [-0.05, 0) is 30.2 Å². The number of ether oxygens (including phenoxy) is 1. The Labute approximate surface area is 117 Å². The molecule has 1 aliphatic rings. The molecule has 0 amide bonds. The second kappa shape index (κ2) is 6.59. The summed E-state index contributed by atoms with van der Waals surface area (Å²) in [7, 11) is 1.69. The molecule has 1 aromatic carbocycles. The van der Waals surface area contributed by atoms with Crippen LogP contribution in [0.5, 0.6) is 5.75 Å². The molecule has 0 radical (unpaired) electrons. The molecule has 17 heavy (non-hydrogen) atoms. The third-order valence-electron chi connectivity index (χ3n) is 2.96. The number of benzene rings is 1. The molecule has 0 saturated carbocycles. The second-order valence-electron chi connectivity index (χ2n) is 4.24. The zero-order valence-corrected chi connectivity index (χ0v) is 12.3. The molecule has 2 N–H and O–H groups in total. The number of halogens is 2. The summed E-state index contributed by atoms with van der Waals surface area (Å²) in [6.45, 7) is 3.01. The van der Waals surface area contributed by atoms with Crippen LogP contribution in [0.15, 0.2) is 22.7 Å². The quantitative estimate of drug-likeness (QED) is 0.929. The lowest BCUT2D eigenvalue weighted by molar-refractivity contribution is 0.325. The van der Waals surface area contributed by atoms with E-state index in [0.29, 0.717) is 6.04 Å². The van der Waals surface area contributed by atoms with Gasteiger partial charge in [0, 0.05) is 30.1 Å². The van der Waals surface area contributed by atoms with E-state index in [0.717, 1.165) is 36.3 Å². The van der Waals surface area contributed by atoms with Crippen molar-refractivity contribution in [3.8, 4) is 5.75 Å². The lowest BCUT2D eigenvalue weighted by Gasteiger charge is -2.16. The van der Waals surface area contributed by atoms with E-state index in [1.165, 1.54) is 5.56 Å². The number of hydrogen-bond donors (Lipinski definition) is 1. The van der Waals surface area contributed by atoms with Gasteiger partial charge in [-0.25, -0.2) is 0 Å². The van der Waals surface area contributed by atoms with Crippen LogP contribution in [0.1, 0.15) is 12.0 Å². The van der Waals surface area contributed by atoms with Crippen LogP contribution in [0.25, 0.3) is 0 Å². The number of likely N-dealkylation sites (tertiary alicyclic amines) is 1. The molecule has 1 heterocycles. The Morgan fingerprint density at radius 2 is 2.29 bits per heavy atom. The Kier molecular flexibility index (Phi) is 5.73. The van der Waals surface area contributed by atoms with E-state index < -0.39 is 0 Å². The van der Waals surface area contributed by atoms with Gasteiger partial charge in [-0.1, -0.05) is 15.9 Å². The maximum absolute atomic E-state index is 5.89. The average molecular weight is 322 g/mol. The molecule has 0 aliphatic carbocycles. The first-order valence-corrected chi connectivity index (χ1v) is 6.28. The van der Waals surface area contributed by atoms with Crippen LogP contribution in [-0.2, 0) is 6.54 Å². The first-order valence-electron chi connectivity index (χ1n) is 5.49. The normalized spacial score (nSPS) is 20.1. The van der Waals surface area contributed by atoms with E-state index in [1.54, 1.807) is 7.11 Å². The fraction of sp³-hybridized carbons (Fsp3) is 0.500. The van der Waals surface area contributed by atoms with Crippen LogP contribution < -0.4 is 10.5 Å². The summed E-state index contributed by atoms with van der Waals surface area (Å²) < 4.78 is 6.36. The lowest BCUT2D eigenvalue weighted by Crippen LogP contribution is -2.26. The fourth-order valence-electron chi connectivity index (χ4n) is 2.05. The zero-order chi connectivity index (χ0) is 11.5. The van der Waals surface area contributed by atoms with Crippen molar-refractivity contribution >= 4 is 28.3 Å². The summed E-state index contributed by atoms with van der Waals surface area (Å²) in [6, 6.07) is 6.41. The van der Waals surface area contributed by atoms with Gasteiger partial charge < -0.3 is 10.5 Å². The van der Waals surface area contributed by atoms with Crippen LogP contribution in [0.4, 0.5) is 0 Å². The van der Waals surface area contributed by atoms with Crippen LogP contribution in [0, 0.1) is 0 Å². The van der Waals surface area contributed by atoms with E-state index >= 15 is 0 Å². The summed E-state index contributed by atoms with van der Waals surface area (Å²) in [5.41, 5.74) is 7.15. The molecule has 96 valence electrons. The highest BCUT2D eigenvalue weighted by molar-refractivity contribution is 9.10. The predicted molar refractivity (Wildman–Crippen MR) is 75.8 cm³/mol. The number of nitrogens with zero attached hydrogens (tertiary/aromatic N) is 1. The predicted octanol–water partition coefficient (Wildman–Crippen LogP) is 2.41. The number of hydrogen-bond acceptors (Lipinski definition) is 3. The van der Waals surface area contributed by atoms with Gasteiger partial charge in [0.1, 0.15) is 5.75 Å². The largest absolute Gasteiger partial charge is 0.497 e. The molecule has 3 nitrogen and oxygen atoms in total. The van der Waals surface area contributed by atoms with Gasteiger partial charge in [-0.15, -0.1) is 12.4 Å². The van der Waals surface area contributed by atoms with Crippen LogP contribution in [0.2, 0.25) is 0 Å². The minimum Gasteiger partial charge on any atom is -0.497 e. The zero-order valence-electron chi connectivity index (χ0n) is 9.86. The Bertz CT molecular complexity index is 376. The van der Waals surface area contributed by atoms with E-state index in [4.69, 9.17) is 10.5 Å². The summed E-state index contributed by atoms with van der Waals surface area (Å²) in [6.07, 6.45) is 1.10. The summed E-state index contributed by atoms with van der Waals surface area (Å²) in [5, 5.41) is 0. The van der Waals surface area contributed by atoms with E-state index in [1.807, 2.05) is 12.1 Å². The van der Waals surface area contributed by atoms with Crippen molar-refractivity contribution in [1.82, 2.24) is 4.90 Å². The van der Waals surface area contributed by atoms with Crippen molar-refractivity contribution in [2.75, 3.05) is 20.2 Å². The Hall–Kier alpha value is -0.290. The smallest absolute Gasteiger partial charge is 0.119 e. The van der Waals surface area contributed by atoms with Gasteiger partial charge >= 0.3 is 0 Å². The van der Waals surface area contributed by atoms with Crippen molar-refractivity contribution in [3.05, 3.63) is 28.2 Å². The van der Waals surface area contributed by atoms with Crippen molar-refractivity contribution in [2.45, 2.75) is 19.0 Å². The van der Waals surface area contributed by atoms with Crippen LogP contribution >= 0.6 is 28.3 Å². The van der Waals surface area contributed by atoms with Gasteiger partial charge in [-0.2, -0.15) is 0 Å². The maximum atomic E-state index is 5.89. The molecular weight excluding hydrogens is 304 g/mol. The van der Waals surface area contributed by atoms with E-state index in [-0.39, 0.29) is 12.4 Å². The Balaban J connectivity index is 0.00000144. The third kappa shape index (κ3) is 3.85. The van der Waals surface area contributed by atoms with E-state index in [9.17, 15) is 0 Å². The second-order valence-corrected chi connectivity index (χ2v) is 5.10. The maximum Gasteiger partial charge on any atom is 0.119 e. The molecule has 5 heteroatoms. The molecule has 1 aliphatic heterocycles. The first kappa shape index (κ1) is 14.8. The van der Waals surface area contributed by atoms with Gasteiger partial charge in [0.15, 0.2) is 0 Å². The monoisotopic (exact) mass is 320 g/mol. The summed E-state index contributed by atoms with van der Waals surface area (Å²) in [5.74, 6) is 0.904. The number of nitrogens with two attached hydrogens (primary N) is 1. The van der Waals surface area contributed by atoms with Gasteiger partial charge in [0.25, 0.3) is 0 Å². The molecule has 1 aromatic rings. The molecule has 0 unspecified atom stereocenters. The van der Waals surface area contributed by atoms with Gasteiger partial charge in [0.05, 0.1) is 7.11 Å². The molecule has 0 bridgehead atoms. The number of methoxy groups -OCH3 is 1. The highest BCUT2D eigenvalue weighted by atomic mass is 79.9. The van der Waals surface area contributed by atoms with Crippen molar-refractivity contribution in [3.63, 3.8) is 0 Å². The third-order valence-corrected chi connectivity index (χ3v) is 3.73. The van der Waals surface area contributed by atoms with Crippen molar-refractivity contribution < 1.29 is 4.74 Å². The van der Waals surface area contributed by atoms with Crippen LogP contribution in [-0.4, -0.2) is 31.1 Å². The number of rotatable bonds is 3. The van der Waals surface area contributed by atoms with Crippen molar-refractivity contribution in [1.29, 1.82) is 0 Å². The molecule has 1 fully saturated rings. The molecular formula is C12H18BrClN2O. The molecule has 1 saturated heterocycles. The Morgan fingerprint density at radius 3 is 2.88 bits per heavy atom. The SMILES string of the molecule is COc1ccc(Br)c(CN2CC[C@@H](N)C2)c1.Cl. The minimum absolute atomic E-state index is 0. The van der Waals surface area contributed by atoms with Gasteiger partial charge in [-0.3, -0.25) is 4.90 Å². The molecule has 2 rings (SSSR count). The first-order chi connectivity index (χ1) is 7.69. The topological polar surface area (TPSA) is 38.5 Å². The molecule has 1 atom stereocenters.